The Bertz CT molecular complexity index is 759. The summed E-state index contributed by atoms with van der Waals surface area (Å²) in [6.45, 7) is 1.18. The molecule has 1 unspecified atom stereocenters. The second-order valence-electron chi connectivity index (χ2n) is 5.65. The minimum absolute atomic E-state index is 0.0827. The molecule has 4 nitrogen and oxygen atoms in total. The Morgan fingerprint density at radius 2 is 1.88 bits per heavy atom. The van der Waals surface area contributed by atoms with Gasteiger partial charge in [-0.25, -0.2) is 13.2 Å². The Balaban J connectivity index is 1.61. The molecule has 25 heavy (non-hydrogen) atoms. The van der Waals surface area contributed by atoms with Crippen LogP contribution < -0.4 is 10.1 Å². The van der Waals surface area contributed by atoms with Crippen LogP contribution in [0.1, 0.15) is 23.2 Å². The molecule has 1 heterocycles. The molecule has 1 atom stereocenters. The van der Waals surface area contributed by atoms with E-state index in [9.17, 15) is 18.0 Å². The number of carbonyl (C=O) groups is 1. The minimum atomic E-state index is -1.63. The lowest BCUT2D eigenvalue weighted by Crippen LogP contribution is -2.16. The van der Waals surface area contributed by atoms with Crippen LogP contribution in [0.4, 0.5) is 18.9 Å². The second kappa shape index (κ2) is 7.57. The van der Waals surface area contributed by atoms with E-state index in [2.05, 4.69) is 5.32 Å². The Morgan fingerprint density at radius 1 is 1.12 bits per heavy atom. The maximum Gasteiger partial charge on any atom is 0.255 e. The summed E-state index contributed by atoms with van der Waals surface area (Å²) in [6, 6.07) is 7.91. The van der Waals surface area contributed by atoms with Crippen LogP contribution in [0, 0.1) is 17.5 Å². The fourth-order valence-electron chi connectivity index (χ4n) is 2.48. The highest BCUT2D eigenvalue weighted by atomic mass is 19.2. The predicted octanol–water partition coefficient (Wildman–Crippen LogP) is 3.91. The SMILES string of the molecule is O=C(Nc1ccc(F)c(F)c1F)c1ccc(OCC2CCCO2)cc1. The molecule has 7 heteroatoms. The number of nitrogens with one attached hydrogen (secondary N) is 1. The monoisotopic (exact) mass is 351 g/mol. The first-order valence-corrected chi connectivity index (χ1v) is 7.84. The maximum atomic E-state index is 13.6. The van der Waals surface area contributed by atoms with Crippen LogP contribution in [0.5, 0.6) is 5.75 Å². The molecule has 0 bridgehead atoms. The fraction of sp³-hybridized carbons (Fsp3) is 0.278. The van der Waals surface area contributed by atoms with Crippen LogP contribution in [0.15, 0.2) is 36.4 Å². The molecule has 0 spiro atoms. The summed E-state index contributed by atoms with van der Waals surface area (Å²) < 4.78 is 50.7. The number of hydrogen-bond acceptors (Lipinski definition) is 3. The minimum Gasteiger partial charge on any atom is -0.491 e. The van der Waals surface area contributed by atoms with Crippen LogP contribution in [0.25, 0.3) is 0 Å². The van der Waals surface area contributed by atoms with Crippen molar-refractivity contribution in [1.82, 2.24) is 0 Å². The van der Waals surface area contributed by atoms with E-state index in [0.29, 0.717) is 12.4 Å². The first-order chi connectivity index (χ1) is 12.0. The zero-order valence-corrected chi connectivity index (χ0v) is 13.2. The lowest BCUT2D eigenvalue weighted by Gasteiger charge is -2.12. The van der Waals surface area contributed by atoms with Gasteiger partial charge in [0.1, 0.15) is 12.4 Å². The zero-order chi connectivity index (χ0) is 17.8. The average Bonchev–Trinajstić information content (AvgIpc) is 3.14. The molecule has 0 saturated carbocycles. The van der Waals surface area contributed by atoms with E-state index in [1.54, 1.807) is 12.1 Å². The van der Waals surface area contributed by atoms with Crippen molar-refractivity contribution in [2.24, 2.45) is 0 Å². The van der Waals surface area contributed by atoms with Crippen LogP contribution in [-0.4, -0.2) is 25.2 Å². The molecule has 0 aromatic heterocycles. The van der Waals surface area contributed by atoms with E-state index in [4.69, 9.17) is 9.47 Å². The predicted molar refractivity (Wildman–Crippen MR) is 85.2 cm³/mol. The van der Waals surface area contributed by atoms with Gasteiger partial charge in [-0.3, -0.25) is 4.79 Å². The number of halogens is 3. The third-order valence-corrected chi connectivity index (χ3v) is 3.86. The van der Waals surface area contributed by atoms with Gasteiger partial charge in [0, 0.05) is 12.2 Å². The Morgan fingerprint density at radius 3 is 2.56 bits per heavy atom. The van der Waals surface area contributed by atoms with Crippen molar-refractivity contribution < 1.29 is 27.4 Å². The van der Waals surface area contributed by atoms with Crippen molar-refractivity contribution in [1.29, 1.82) is 0 Å². The van der Waals surface area contributed by atoms with E-state index < -0.39 is 29.0 Å². The van der Waals surface area contributed by atoms with Gasteiger partial charge in [0.2, 0.25) is 0 Å². The van der Waals surface area contributed by atoms with Crippen LogP contribution >= 0.6 is 0 Å². The molecule has 3 rings (SSSR count). The van der Waals surface area contributed by atoms with Gasteiger partial charge in [-0.05, 0) is 49.2 Å². The number of carbonyl (C=O) groups excluding carboxylic acids is 1. The number of amides is 1. The highest BCUT2D eigenvalue weighted by molar-refractivity contribution is 6.04. The molecule has 1 aliphatic heterocycles. The molecule has 2 aromatic carbocycles. The molecule has 1 saturated heterocycles. The van der Waals surface area contributed by atoms with Crippen molar-refractivity contribution in [3.05, 3.63) is 59.4 Å². The highest BCUT2D eigenvalue weighted by Crippen LogP contribution is 2.21. The lowest BCUT2D eigenvalue weighted by molar-refractivity contribution is 0.0679. The van der Waals surface area contributed by atoms with Crippen molar-refractivity contribution in [2.45, 2.75) is 18.9 Å². The van der Waals surface area contributed by atoms with Crippen LogP contribution in [0.3, 0.4) is 0 Å². The standard InChI is InChI=1S/C18H16F3NO3/c19-14-7-8-15(17(21)16(14)20)22-18(23)11-3-5-12(6-4-11)25-10-13-2-1-9-24-13/h3-8,13H,1-2,9-10H2,(H,22,23). The molecule has 1 fully saturated rings. The fourth-order valence-corrected chi connectivity index (χ4v) is 2.48. The van der Waals surface area contributed by atoms with Crippen LogP contribution in [-0.2, 0) is 4.74 Å². The summed E-state index contributed by atoms with van der Waals surface area (Å²) >= 11 is 0. The first kappa shape index (κ1) is 17.3. The largest absolute Gasteiger partial charge is 0.491 e. The maximum absolute atomic E-state index is 13.6. The van der Waals surface area contributed by atoms with E-state index in [1.165, 1.54) is 12.1 Å². The van der Waals surface area contributed by atoms with E-state index >= 15 is 0 Å². The normalized spacial score (nSPS) is 16.7. The Kier molecular flexibility index (Phi) is 5.23. The number of anilines is 1. The van der Waals surface area contributed by atoms with E-state index in [-0.39, 0.29) is 11.7 Å². The molecule has 2 aromatic rings. The molecule has 1 aliphatic rings. The molecule has 1 amide bonds. The Labute approximate surface area is 142 Å². The quantitative estimate of drug-likeness (QED) is 0.831. The number of hydrogen-bond donors (Lipinski definition) is 1. The Hall–Kier alpha value is -2.54. The topological polar surface area (TPSA) is 47.6 Å². The molecule has 1 N–H and O–H groups in total. The third kappa shape index (κ3) is 4.11. The third-order valence-electron chi connectivity index (χ3n) is 3.86. The van der Waals surface area contributed by atoms with Gasteiger partial charge in [0.05, 0.1) is 11.8 Å². The molecule has 132 valence electrons. The van der Waals surface area contributed by atoms with Crippen molar-refractivity contribution in [3.63, 3.8) is 0 Å². The summed E-state index contributed by atoms with van der Waals surface area (Å²) in [5.41, 5.74) is -0.198. The summed E-state index contributed by atoms with van der Waals surface area (Å²) in [5, 5.41) is 2.21. The van der Waals surface area contributed by atoms with Gasteiger partial charge in [-0.2, -0.15) is 0 Å². The highest BCUT2D eigenvalue weighted by Gasteiger charge is 2.17. The number of rotatable bonds is 5. The van der Waals surface area contributed by atoms with Gasteiger partial charge >= 0.3 is 0 Å². The van der Waals surface area contributed by atoms with Crippen LogP contribution in [0.2, 0.25) is 0 Å². The second-order valence-corrected chi connectivity index (χ2v) is 5.65. The van der Waals surface area contributed by atoms with Crippen molar-refractivity contribution in [2.75, 3.05) is 18.5 Å². The van der Waals surface area contributed by atoms with Gasteiger partial charge in [0.25, 0.3) is 5.91 Å². The summed E-state index contributed by atoms with van der Waals surface area (Å²) in [7, 11) is 0. The van der Waals surface area contributed by atoms with Gasteiger partial charge in [0.15, 0.2) is 17.5 Å². The summed E-state index contributed by atoms with van der Waals surface area (Å²) in [4.78, 5) is 12.1. The van der Waals surface area contributed by atoms with E-state index in [0.717, 1.165) is 31.6 Å². The molecular weight excluding hydrogens is 335 g/mol. The number of benzene rings is 2. The first-order valence-electron chi connectivity index (χ1n) is 7.84. The van der Waals surface area contributed by atoms with Gasteiger partial charge in [-0.1, -0.05) is 0 Å². The lowest BCUT2D eigenvalue weighted by atomic mass is 10.2. The van der Waals surface area contributed by atoms with Gasteiger partial charge in [-0.15, -0.1) is 0 Å². The molecule has 0 radical (unpaired) electrons. The zero-order valence-electron chi connectivity index (χ0n) is 13.2. The smallest absolute Gasteiger partial charge is 0.255 e. The van der Waals surface area contributed by atoms with Crippen molar-refractivity contribution in [3.8, 4) is 5.75 Å². The van der Waals surface area contributed by atoms with E-state index in [1.807, 2.05) is 0 Å². The average molecular weight is 351 g/mol. The number of ether oxygens (including phenoxy) is 2. The van der Waals surface area contributed by atoms with Gasteiger partial charge < -0.3 is 14.8 Å². The van der Waals surface area contributed by atoms with Crippen molar-refractivity contribution >= 4 is 11.6 Å². The molecule has 0 aliphatic carbocycles. The summed E-state index contributed by atoms with van der Waals surface area (Å²) in [6.07, 6.45) is 2.06. The molecular formula is C18H16F3NO3. The summed E-state index contributed by atoms with van der Waals surface area (Å²) in [5.74, 6) is -4.45.